The van der Waals surface area contributed by atoms with E-state index in [-0.39, 0.29) is 13.2 Å². The average molecular weight is 687 g/mol. The van der Waals surface area contributed by atoms with E-state index in [1.54, 1.807) is 12.0 Å². The highest BCUT2D eigenvalue weighted by molar-refractivity contribution is 7.90. The van der Waals surface area contributed by atoms with Crippen molar-refractivity contribution in [3.05, 3.63) is 83.7 Å². The maximum Gasteiger partial charge on any atom is 0.410 e. The number of piperidine rings is 2. The molecule has 2 aliphatic heterocycles. The molecule has 4 aromatic rings. The standard InChI is InChI=1S/C37H46N6O5S/c1-47-25-28-15-19-41(20-16-28)33-23-30(39-36-34(33)35(29-11-8-12-29)40-43(36)31-13-6-3-7-14-31)24-38-49(45,46)32-17-21-42(22-18-32)37(44)48-26-27-9-4-2-5-10-27/h2-7,9-10,13-14,23,28-29,32,38H,8,11-12,15-22,24-26H2,1H3. The fraction of sp³-hybridized carbons (Fsp3) is 0.486. The number of anilines is 1. The van der Waals surface area contributed by atoms with Crippen LogP contribution in [0, 0.1) is 5.92 Å². The summed E-state index contributed by atoms with van der Waals surface area (Å²) in [6.07, 6.45) is 5.75. The summed E-state index contributed by atoms with van der Waals surface area (Å²) in [5.41, 5.74) is 5.44. The first kappa shape index (κ1) is 33.5. The van der Waals surface area contributed by atoms with Gasteiger partial charge in [-0.05, 0) is 68.2 Å². The third kappa shape index (κ3) is 7.46. The Morgan fingerprint density at radius 2 is 1.61 bits per heavy atom. The number of rotatable bonds is 11. The summed E-state index contributed by atoms with van der Waals surface area (Å²) in [6.45, 7) is 3.47. The van der Waals surface area contributed by atoms with Crippen molar-refractivity contribution in [2.24, 2.45) is 5.92 Å². The van der Waals surface area contributed by atoms with E-state index in [0.717, 1.165) is 79.0 Å². The molecule has 0 unspecified atom stereocenters. The zero-order valence-corrected chi connectivity index (χ0v) is 29.0. The number of nitrogens with one attached hydrogen (secondary N) is 1. The molecule has 2 aromatic heterocycles. The molecular formula is C37H46N6O5S. The molecule has 12 heteroatoms. The number of hydrogen-bond acceptors (Lipinski definition) is 8. The van der Waals surface area contributed by atoms with Gasteiger partial charge in [-0.25, -0.2) is 27.6 Å². The molecule has 3 aliphatic rings. The molecule has 0 radical (unpaired) electrons. The Bertz CT molecular complexity index is 1830. The molecule has 0 spiro atoms. The van der Waals surface area contributed by atoms with E-state index in [0.29, 0.717) is 43.5 Å². The van der Waals surface area contributed by atoms with Crippen LogP contribution in [0.25, 0.3) is 16.7 Å². The van der Waals surface area contributed by atoms with E-state index in [1.807, 2.05) is 65.3 Å². The molecule has 260 valence electrons. The first-order valence-electron chi connectivity index (χ1n) is 17.6. The molecule has 0 atom stereocenters. The van der Waals surface area contributed by atoms with Gasteiger partial charge in [0.25, 0.3) is 0 Å². The summed E-state index contributed by atoms with van der Waals surface area (Å²) >= 11 is 0. The molecule has 49 heavy (non-hydrogen) atoms. The van der Waals surface area contributed by atoms with Crippen molar-refractivity contribution in [3.8, 4) is 5.69 Å². The maximum atomic E-state index is 13.6. The summed E-state index contributed by atoms with van der Waals surface area (Å²) in [6, 6.07) is 21.7. The second-order valence-electron chi connectivity index (χ2n) is 13.6. The molecule has 3 fully saturated rings. The second-order valence-corrected chi connectivity index (χ2v) is 15.6. The van der Waals surface area contributed by atoms with Gasteiger partial charge in [0.1, 0.15) is 6.61 Å². The van der Waals surface area contributed by atoms with E-state index in [1.165, 1.54) is 6.42 Å². The number of amides is 1. The Kier molecular flexibility index (Phi) is 10.2. The predicted octanol–water partition coefficient (Wildman–Crippen LogP) is 5.77. The van der Waals surface area contributed by atoms with Crippen LogP contribution in [-0.2, 0) is 32.6 Å². The fourth-order valence-electron chi connectivity index (χ4n) is 7.26. The van der Waals surface area contributed by atoms with Crippen molar-refractivity contribution in [1.29, 1.82) is 0 Å². The zero-order chi connectivity index (χ0) is 33.8. The summed E-state index contributed by atoms with van der Waals surface area (Å²) in [4.78, 5) is 21.8. The molecule has 2 aromatic carbocycles. The fourth-order valence-corrected chi connectivity index (χ4v) is 8.67. The van der Waals surface area contributed by atoms with Gasteiger partial charge in [0.05, 0.1) is 39.9 Å². The summed E-state index contributed by atoms with van der Waals surface area (Å²) < 4.78 is 43.0. The monoisotopic (exact) mass is 686 g/mol. The Labute approximate surface area is 288 Å². The van der Waals surface area contributed by atoms with Crippen LogP contribution in [0.3, 0.4) is 0 Å². The smallest absolute Gasteiger partial charge is 0.410 e. The van der Waals surface area contributed by atoms with Gasteiger partial charge in [-0.3, -0.25) is 0 Å². The number of fused-ring (bicyclic) bond motifs is 1. The van der Waals surface area contributed by atoms with E-state index >= 15 is 0 Å². The normalized spacial score (nSPS) is 18.1. The van der Waals surface area contributed by atoms with Crippen LogP contribution in [0.5, 0.6) is 0 Å². The minimum absolute atomic E-state index is 0.0729. The third-order valence-corrected chi connectivity index (χ3v) is 12.2. The number of para-hydroxylation sites is 1. The van der Waals surface area contributed by atoms with Crippen LogP contribution >= 0.6 is 0 Å². The SMILES string of the molecule is COCC1CCN(c2cc(CNS(=O)(=O)C3CCN(C(=O)OCc4ccccc4)CC3)nc3c2c(C2CCC2)nn3-c2ccccc2)CC1. The minimum Gasteiger partial charge on any atom is -0.445 e. The Morgan fingerprint density at radius 1 is 0.918 bits per heavy atom. The van der Waals surface area contributed by atoms with Crippen molar-refractivity contribution in [1.82, 2.24) is 24.4 Å². The van der Waals surface area contributed by atoms with Crippen molar-refractivity contribution in [2.45, 2.75) is 69.3 Å². The zero-order valence-electron chi connectivity index (χ0n) is 28.2. The molecule has 7 rings (SSSR count). The maximum absolute atomic E-state index is 13.6. The molecule has 1 aliphatic carbocycles. The van der Waals surface area contributed by atoms with Gasteiger partial charge in [-0.15, -0.1) is 0 Å². The van der Waals surface area contributed by atoms with Crippen molar-refractivity contribution in [3.63, 3.8) is 0 Å². The number of carbonyl (C=O) groups excluding carboxylic acids is 1. The summed E-state index contributed by atoms with van der Waals surface area (Å²) in [5.74, 6) is 0.921. The predicted molar refractivity (Wildman–Crippen MR) is 189 cm³/mol. The van der Waals surface area contributed by atoms with Gasteiger partial charge in [0.15, 0.2) is 5.65 Å². The number of sulfonamides is 1. The molecule has 11 nitrogen and oxygen atoms in total. The van der Waals surface area contributed by atoms with Crippen LogP contribution in [0.4, 0.5) is 10.5 Å². The Balaban J connectivity index is 1.10. The molecule has 1 saturated carbocycles. The first-order chi connectivity index (χ1) is 23.9. The van der Waals surface area contributed by atoms with Crippen molar-refractivity contribution in [2.75, 3.05) is 44.8 Å². The van der Waals surface area contributed by atoms with Crippen LogP contribution in [-0.4, -0.2) is 79.3 Å². The minimum atomic E-state index is -3.67. The second kappa shape index (κ2) is 14.9. The largest absolute Gasteiger partial charge is 0.445 e. The molecule has 1 amide bonds. The lowest BCUT2D eigenvalue weighted by atomic mass is 9.82. The molecule has 0 bridgehead atoms. The topological polar surface area (TPSA) is 119 Å². The van der Waals surface area contributed by atoms with E-state index < -0.39 is 21.4 Å². The first-order valence-corrected chi connectivity index (χ1v) is 19.1. The van der Waals surface area contributed by atoms with Gasteiger partial charge in [-0.1, -0.05) is 55.0 Å². The molecule has 4 heterocycles. The highest BCUT2D eigenvalue weighted by Crippen LogP contribution is 2.43. The van der Waals surface area contributed by atoms with Crippen LogP contribution in [0.1, 0.15) is 67.8 Å². The number of ether oxygens (including phenoxy) is 2. The van der Waals surface area contributed by atoms with Gasteiger partial charge < -0.3 is 19.3 Å². The van der Waals surface area contributed by atoms with Crippen LogP contribution in [0.15, 0.2) is 66.7 Å². The van der Waals surface area contributed by atoms with E-state index in [9.17, 15) is 13.2 Å². The van der Waals surface area contributed by atoms with Gasteiger partial charge >= 0.3 is 6.09 Å². The van der Waals surface area contributed by atoms with Crippen molar-refractivity contribution < 1.29 is 22.7 Å². The number of hydrogen-bond donors (Lipinski definition) is 1. The number of nitrogens with zero attached hydrogens (tertiary/aromatic N) is 5. The van der Waals surface area contributed by atoms with Crippen LogP contribution in [0.2, 0.25) is 0 Å². The third-order valence-electron chi connectivity index (χ3n) is 10.3. The number of aromatic nitrogens is 3. The van der Waals surface area contributed by atoms with E-state index in [4.69, 9.17) is 19.6 Å². The molecule has 2 saturated heterocycles. The lowest BCUT2D eigenvalue weighted by Gasteiger charge is -2.34. The number of pyridine rings is 1. The van der Waals surface area contributed by atoms with Crippen molar-refractivity contribution >= 4 is 32.8 Å². The number of methoxy groups -OCH3 is 1. The lowest BCUT2D eigenvalue weighted by Crippen LogP contribution is -2.45. The number of benzene rings is 2. The average Bonchev–Trinajstić information content (AvgIpc) is 3.49. The summed E-state index contributed by atoms with van der Waals surface area (Å²) in [5, 5.41) is 5.66. The van der Waals surface area contributed by atoms with Crippen LogP contribution < -0.4 is 9.62 Å². The van der Waals surface area contributed by atoms with Gasteiger partial charge in [0.2, 0.25) is 10.0 Å². The number of carbonyl (C=O) groups is 1. The number of likely N-dealkylation sites (tertiary alicyclic amines) is 1. The highest BCUT2D eigenvalue weighted by Gasteiger charge is 2.34. The Hall–Kier alpha value is -4.00. The molecular weight excluding hydrogens is 641 g/mol. The van der Waals surface area contributed by atoms with E-state index in [2.05, 4.69) is 15.7 Å². The Morgan fingerprint density at radius 3 is 2.27 bits per heavy atom. The van der Waals surface area contributed by atoms with Gasteiger partial charge in [-0.2, -0.15) is 5.10 Å². The lowest BCUT2D eigenvalue weighted by molar-refractivity contribution is 0.0897. The quantitative estimate of drug-likeness (QED) is 0.211. The summed E-state index contributed by atoms with van der Waals surface area (Å²) in [7, 11) is -1.91. The highest BCUT2D eigenvalue weighted by atomic mass is 32.2. The molecule has 1 N–H and O–H groups in total. The van der Waals surface area contributed by atoms with Gasteiger partial charge in [0, 0.05) is 45.8 Å².